The van der Waals surface area contributed by atoms with E-state index in [9.17, 15) is 4.79 Å². The predicted molar refractivity (Wildman–Crippen MR) is 143 cm³/mol. The molecule has 1 heterocycles. The van der Waals surface area contributed by atoms with Crippen LogP contribution in [0.2, 0.25) is 10.0 Å². The first kappa shape index (κ1) is 24.4. The van der Waals surface area contributed by atoms with Gasteiger partial charge in [-0.3, -0.25) is 9.69 Å². The molecule has 0 radical (unpaired) electrons. The van der Waals surface area contributed by atoms with E-state index in [2.05, 4.69) is 4.99 Å². The first-order valence-electron chi connectivity index (χ1n) is 10.7. The van der Waals surface area contributed by atoms with Crippen LogP contribution in [0.4, 0.5) is 5.69 Å². The maximum Gasteiger partial charge on any atom is 0.266 e. The van der Waals surface area contributed by atoms with Gasteiger partial charge in [0.15, 0.2) is 5.17 Å². The molecule has 0 aliphatic carbocycles. The van der Waals surface area contributed by atoms with E-state index in [1.54, 1.807) is 24.1 Å². The van der Waals surface area contributed by atoms with Crippen molar-refractivity contribution >= 4 is 57.8 Å². The maximum absolute atomic E-state index is 12.8. The van der Waals surface area contributed by atoms with Gasteiger partial charge in [-0.1, -0.05) is 47.0 Å². The molecule has 1 aliphatic heterocycles. The topological polar surface area (TPSA) is 41.9 Å². The molecular weight excluding hydrogens is 487 g/mol. The van der Waals surface area contributed by atoms with E-state index < -0.39 is 0 Å². The number of hydrogen-bond acceptors (Lipinski definition) is 4. The second-order valence-electron chi connectivity index (χ2n) is 8.21. The van der Waals surface area contributed by atoms with Crippen molar-refractivity contribution in [2.75, 3.05) is 7.05 Å². The maximum atomic E-state index is 12.8. The minimum atomic E-state index is -0.0659. The van der Waals surface area contributed by atoms with Crippen LogP contribution in [0.25, 0.3) is 6.08 Å². The molecule has 3 aromatic carbocycles. The van der Waals surface area contributed by atoms with Crippen molar-refractivity contribution in [1.29, 1.82) is 0 Å². The van der Waals surface area contributed by atoms with Crippen LogP contribution in [0.15, 0.2) is 64.5 Å². The average Bonchev–Trinajstić information content (AvgIpc) is 3.03. The van der Waals surface area contributed by atoms with E-state index in [0.29, 0.717) is 26.7 Å². The Kier molecular flexibility index (Phi) is 7.36. The van der Waals surface area contributed by atoms with E-state index in [1.807, 2.05) is 69.3 Å². The van der Waals surface area contributed by atoms with Gasteiger partial charge in [-0.2, -0.15) is 0 Å². The largest absolute Gasteiger partial charge is 0.488 e. The molecule has 0 N–H and O–H groups in total. The number of ether oxygens (including phenoxy) is 1. The van der Waals surface area contributed by atoms with Crippen LogP contribution in [0.3, 0.4) is 0 Å². The number of benzene rings is 3. The average molecular weight is 511 g/mol. The number of carbonyl (C=O) groups excluding carboxylic acids is 1. The standard InChI is InChI=1S/C27H24Cl2N2O2S/c1-16-5-9-22(10-6-16)30-27-31(4)26(32)24(34-27)13-19-11-17(2)25(18(3)12-19)33-15-20-7-8-21(28)14-23(20)29/h5-14H,15H2,1-4H3/b24-13-,30-27?. The lowest BCUT2D eigenvalue weighted by Crippen LogP contribution is -2.23. The highest BCUT2D eigenvalue weighted by Gasteiger charge is 2.30. The fraction of sp³-hybridized carbons (Fsp3) is 0.185. The van der Waals surface area contributed by atoms with Crippen molar-refractivity contribution in [2.24, 2.45) is 4.99 Å². The summed E-state index contributed by atoms with van der Waals surface area (Å²) in [5.41, 5.74) is 5.76. The SMILES string of the molecule is Cc1ccc(N=C2S/C(=C\c3cc(C)c(OCc4ccc(Cl)cc4Cl)c(C)c3)C(=O)N2C)cc1. The number of likely N-dealkylation sites (N-methyl/N-ethyl adjacent to an activating group) is 1. The van der Waals surface area contributed by atoms with E-state index in [4.69, 9.17) is 27.9 Å². The second kappa shape index (κ2) is 10.3. The molecule has 0 unspecified atom stereocenters. The summed E-state index contributed by atoms with van der Waals surface area (Å²) >= 11 is 13.6. The summed E-state index contributed by atoms with van der Waals surface area (Å²) < 4.78 is 6.08. The van der Waals surface area contributed by atoms with Crippen molar-refractivity contribution in [3.05, 3.63) is 97.4 Å². The van der Waals surface area contributed by atoms with Gasteiger partial charge in [0.25, 0.3) is 5.91 Å². The van der Waals surface area contributed by atoms with Gasteiger partial charge in [0.1, 0.15) is 12.4 Å². The van der Waals surface area contributed by atoms with Crippen molar-refractivity contribution in [1.82, 2.24) is 4.90 Å². The summed E-state index contributed by atoms with van der Waals surface area (Å²) in [5, 5.41) is 1.83. The van der Waals surface area contributed by atoms with Crippen molar-refractivity contribution in [3.63, 3.8) is 0 Å². The lowest BCUT2D eigenvalue weighted by atomic mass is 10.0. The summed E-state index contributed by atoms with van der Waals surface area (Å²) in [4.78, 5) is 19.7. The number of hydrogen-bond donors (Lipinski definition) is 0. The number of amides is 1. The van der Waals surface area contributed by atoms with Gasteiger partial charge in [-0.15, -0.1) is 0 Å². The van der Waals surface area contributed by atoms with Crippen LogP contribution in [0, 0.1) is 20.8 Å². The predicted octanol–water partition coefficient (Wildman–Crippen LogP) is 7.73. The van der Waals surface area contributed by atoms with Crippen LogP contribution in [0.5, 0.6) is 5.75 Å². The lowest BCUT2D eigenvalue weighted by molar-refractivity contribution is -0.121. The van der Waals surface area contributed by atoms with E-state index >= 15 is 0 Å². The molecule has 4 nitrogen and oxygen atoms in total. The number of aryl methyl sites for hydroxylation is 3. The Balaban J connectivity index is 1.53. The Morgan fingerprint density at radius 2 is 1.68 bits per heavy atom. The molecule has 0 spiro atoms. The van der Waals surface area contributed by atoms with Gasteiger partial charge in [0.2, 0.25) is 0 Å². The Labute approximate surface area is 214 Å². The Bertz CT molecular complexity index is 1290. The van der Waals surface area contributed by atoms with Gasteiger partial charge >= 0.3 is 0 Å². The summed E-state index contributed by atoms with van der Waals surface area (Å²) in [6.45, 7) is 6.36. The summed E-state index contributed by atoms with van der Waals surface area (Å²) in [6, 6.07) is 17.3. The monoisotopic (exact) mass is 510 g/mol. The number of halogens is 2. The minimum absolute atomic E-state index is 0.0659. The second-order valence-corrected chi connectivity index (χ2v) is 10.1. The summed E-state index contributed by atoms with van der Waals surface area (Å²) in [5.74, 6) is 0.737. The van der Waals surface area contributed by atoms with Crippen molar-refractivity contribution in [2.45, 2.75) is 27.4 Å². The molecule has 1 aliphatic rings. The summed E-state index contributed by atoms with van der Waals surface area (Å²) in [7, 11) is 1.75. The molecule has 0 atom stereocenters. The first-order chi connectivity index (χ1) is 16.2. The minimum Gasteiger partial charge on any atom is -0.488 e. The normalized spacial score (nSPS) is 16.1. The summed E-state index contributed by atoms with van der Waals surface area (Å²) in [6.07, 6.45) is 1.90. The number of rotatable bonds is 5. The van der Waals surface area contributed by atoms with E-state index in [-0.39, 0.29) is 5.91 Å². The van der Waals surface area contributed by atoms with Crippen LogP contribution >= 0.6 is 35.0 Å². The van der Waals surface area contributed by atoms with Crippen molar-refractivity contribution < 1.29 is 9.53 Å². The molecule has 1 fully saturated rings. The third-order valence-corrected chi connectivity index (χ3v) is 7.08. The molecule has 1 amide bonds. The quantitative estimate of drug-likeness (QED) is 0.329. The van der Waals surface area contributed by atoms with Crippen LogP contribution in [0.1, 0.15) is 27.8 Å². The zero-order chi connectivity index (χ0) is 24.4. The number of amidine groups is 1. The highest BCUT2D eigenvalue weighted by molar-refractivity contribution is 8.18. The number of thioether (sulfide) groups is 1. The van der Waals surface area contributed by atoms with Crippen LogP contribution in [-0.2, 0) is 11.4 Å². The van der Waals surface area contributed by atoms with Gasteiger partial charge in [-0.25, -0.2) is 4.99 Å². The molecule has 0 aromatic heterocycles. The zero-order valence-corrected chi connectivity index (χ0v) is 21.7. The molecule has 0 bridgehead atoms. The molecule has 0 saturated carbocycles. The molecule has 3 aromatic rings. The highest BCUT2D eigenvalue weighted by Crippen LogP contribution is 2.35. The number of aliphatic imine (C=N–C) groups is 1. The number of carbonyl (C=O) groups is 1. The molecular formula is C27H24Cl2N2O2S. The van der Waals surface area contributed by atoms with Crippen molar-refractivity contribution in [3.8, 4) is 5.75 Å². The fourth-order valence-electron chi connectivity index (χ4n) is 3.62. The molecule has 34 heavy (non-hydrogen) atoms. The Morgan fingerprint density at radius 3 is 2.32 bits per heavy atom. The molecule has 1 saturated heterocycles. The molecule has 4 rings (SSSR count). The third kappa shape index (κ3) is 5.49. The van der Waals surface area contributed by atoms with Gasteiger partial charge < -0.3 is 4.74 Å². The van der Waals surface area contributed by atoms with Crippen LogP contribution < -0.4 is 4.74 Å². The van der Waals surface area contributed by atoms with Gasteiger partial charge in [0.05, 0.1) is 10.6 Å². The van der Waals surface area contributed by atoms with Gasteiger partial charge in [-0.05, 0) is 91.7 Å². The molecule has 7 heteroatoms. The number of nitrogens with zero attached hydrogens (tertiary/aromatic N) is 2. The van der Waals surface area contributed by atoms with Gasteiger partial charge in [0, 0.05) is 22.7 Å². The Hall–Kier alpha value is -2.73. The smallest absolute Gasteiger partial charge is 0.266 e. The zero-order valence-electron chi connectivity index (χ0n) is 19.4. The lowest BCUT2D eigenvalue weighted by Gasteiger charge is -2.14. The third-order valence-electron chi connectivity index (χ3n) is 5.43. The Morgan fingerprint density at radius 1 is 1.00 bits per heavy atom. The first-order valence-corrected chi connectivity index (χ1v) is 12.3. The van der Waals surface area contributed by atoms with Crippen LogP contribution in [-0.4, -0.2) is 23.0 Å². The van der Waals surface area contributed by atoms with E-state index in [1.165, 1.54) is 17.3 Å². The molecule has 174 valence electrons. The highest BCUT2D eigenvalue weighted by atomic mass is 35.5. The fourth-order valence-corrected chi connectivity index (χ4v) is 5.07. The van der Waals surface area contributed by atoms with E-state index in [0.717, 1.165) is 33.7 Å².